The van der Waals surface area contributed by atoms with Crippen molar-refractivity contribution in [1.29, 1.82) is 0 Å². The van der Waals surface area contributed by atoms with Gasteiger partial charge in [-0.05, 0) is 20.3 Å². The highest BCUT2D eigenvalue weighted by atomic mass is 19.4. The van der Waals surface area contributed by atoms with Gasteiger partial charge >= 0.3 is 6.18 Å². The molecule has 0 saturated carbocycles. The first-order chi connectivity index (χ1) is 8.18. The van der Waals surface area contributed by atoms with Crippen LogP contribution in [0.3, 0.4) is 0 Å². The van der Waals surface area contributed by atoms with E-state index in [1.807, 2.05) is 13.8 Å². The minimum Gasteiger partial charge on any atom is -0.382 e. The highest BCUT2D eigenvalue weighted by Gasteiger charge is 2.38. The molecule has 0 aliphatic rings. The summed E-state index contributed by atoms with van der Waals surface area (Å²) in [6, 6.07) is -0.791. The van der Waals surface area contributed by atoms with E-state index in [0.717, 1.165) is 12.8 Å². The van der Waals surface area contributed by atoms with Crippen molar-refractivity contribution in [2.75, 3.05) is 6.54 Å². The Hall–Kier alpha value is -0.820. The Bertz CT molecular complexity index is 259. The van der Waals surface area contributed by atoms with E-state index >= 15 is 0 Å². The van der Waals surface area contributed by atoms with Crippen molar-refractivity contribution in [3.63, 3.8) is 0 Å². The number of aliphatic hydroxyl groups excluding tert-OH is 1. The van der Waals surface area contributed by atoms with Crippen LogP contribution in [0.5, 0.6) is 0 Å². The van der Waals surface area contributed by atoms with Gasteiger partial charge in [0.2, 0.25) is 5.91 Å². The van der Waals surface area contributed by atoms with E-state index in [2.05, 4.69) is 10.6 Å². The van der Waals surface area contributed by atoms with Gasteiger partial charge in [-0.15, -0.1) is 0 Å². The lowest BCUT2D eigenvalue weighted by Crippen LogP contribution is -2.49. The van der Waals surface area contributed by atoms with Gasteiger partial charge in [0.25, 0.3) is 0 Å². The standard InChI is InChI=1S/C11H21F3N2O2/c1-4-5-7(2)16-10(18)8(3)15-6-9(17)11(12,13)14/h7-9,15,17H,4-6H2,1-3H3,(H,16,18). The van der Waals surface area contributed by atoms with Gasteiger partial charge in [0.05, 0.1) is 6.04 Å². The highest BCUT2D eigenvalue weighted by Crippen LogP contribution is 2.19. The molecule has 18 heavy (non-hydrogen) atoms. The number of amides is 1. The first kappa shape index (κ1) is 17.2. The third-order valence-electron chi connectivity index (χ3n) is 2.50. The molecular weight excluding hydrogens is 249 g/mol. The Morgan fingerprint density at radius 3 is 2.33 bits per heavy atom. The summed E-state index contributed by atoms with van der Waals surface area (Å²) in [7, 11) is 0. The lowest BCUT2D eigenvalue weighted by molar-refractivity contribution is -0.202. The molecule has 0 aliphatic carbocycles. The molecule has 0 bridgehead atoms. The van der Waals surface area contributed by atoms with Crippen LogP contribution in [-0.2, 0) is 4.79 Å². The van der Waals surface area contributed by atoms with E-state index in [4.69, 9.17) is 5.11 Å². The van der Waals surface area contributed by atoms with Crippen molar-refractivity contribution in [3.05, 3.63) is 0 Å². The van der Waals surface area contributed by atoms with Crippen molar-refractivity contribution >= 4 is 5.91 Å². The molecule has 4 nitrogen and oxygen atoms in total. The van der Waals surface area contributed by atoms with E-state index in [1.165, 1.54) is 6.92 Å². The predicted octanol–water partition coefficient (Wildman–Crippen LogP) is 1.19. The van der Waals surface area contributed by atoms with Crippen LogP contribution >= 0.6 is 0 Å². The summed E-state index contributed by atoms with van der Waals surface area (Å²) in [6.07, 6.45) is -5.40. The fraction of sp³-hybridized carbons (Fsp3) is 0.909. The number of rotatable bonds is 7. The maximum absolute atomic E-state index is 12.0. The van der Waals surface area contributed by atoms with E-state index in [1.54, 1.807) is 0 Å². The van der Waals surface area contributed by atoms with Gasteiger partial charge in [0.1, 0.15) is 0 Å². The Balaban J connectivity index is 4.02. The van der Waals surface area contributed by atoms with Crippen molar-refractivity contribution in [2.24, 2.45) is 0 Å². The minimum atomic E-state index is -4.67. The molecule has 0 radical (unpaired) electrons. The van der Waals surface area contributed by atoms with Crippen molar-refractivity contribution < 1.29 is 23.1 Å². The smallest absolute Gasteiger partial charge is 0.382 e. The molecule has 0 aromatic rings. The first-order valence-corrected chi connectivity index (χ1v) is 5.97. The average molecular weight is 270 g/mol. The Morgan fingerprint density at radius 2 is 1.89 bits per heavy atom. The van der Waals surface area contributed by atoms with Gasteiger partial charge in [-0.1, -0.05) is 13.3 Å². The predicted molar refractivity (Wildman–Crippen MR) is 62.0 cm³/mol. The topological polar surface area (TPSA) is 61.4 Å². The molecule has 0 heterocycles. The maximum Gasteiger partial charge on any atom is 0.415 e. The van der Waals surface area contributed by atoms with Gasteiger partial charge in [-0.2, -0.15) is 13.2 Å². The number of carbonyl (C=O) groups is 1. The van der Waals surface area contributed by atoms with Gasteiger partial charge < -0.3 is 15.7 Å². The fourth-order valence-corrected chi connectivity index (χ4v) is 1.37. The van der Waals surface area contributed by atoms with Gasteiger partial charge in [-0.3, -0.25) is 4.79 Å². The molecule has 0 saturated heterocycles. The van der Waals surface area contributed by atoms with Crippen LogP contribution in [0.4, 0.5) is 13.2 Å². The number of hydrogen-bond acceptors (Lipinski definition) is 3. The highest BCUT2D eigenvalue weighted by molar-refractivity contribution is 5.81. The van der Waals surface area contributed by atoms with Crippen LogP contribution in [0, 0.1) is 0 Å². The summed E-state index contributed by atoms with van der Waals surface area (Å²) in [4.78, 5) is 11.6. The quantitative estimate of drug-likeness (QED) is 0.651. The zero-order valence-electron chi connectivity index (χ0n) is 10.8. The summed E-state index contributed by atoms with van der Waals surface area (Å²) in [5, 5.41) is 13.8. The van der Waals surface area contributed by atoms with Gasteiger partial charge in [0.15, 0.2) is 6.10 Å². The molecule has 108 valence electrons. The van der Waals surface area contributed by atoms with Crippen molar-refractivity contribution in [3.8, 4) is 0 Å². The fourth-order valence-electron chi connectivity index (χ4n) is 1.37. The third-order valence-corrected chi connectivity index (χ3v) is 2.50. The van der Waals surface area contributed by atoms with E-state index in [9.17, 15) is 18.0 Å². The van der Waals surface area contributed by atoms with E-state index in [-0.39, 0.29) is 11.9 Å². The lowest BCUT2D eigenvalue weighted by Gasteiger charge is -2.20. The van der Waals surface area contributed by atoms with Crippen LogP contribution in [0.1, 0.15) is 33.6 Å². The van der Waals surface area contributed by atoms with Crippen LogP contribution in [0.25, 0.3) is 0 Å². The zero-order valence-corrected chi connectivity index (χ0v) is 10.8. The number of aliphatic hydroxyl groups is 1. The minimum absolute atomic E-state index is 0.0145. The number of carbonyl (C=O) groups excluding carboxylic acids is 1. The molecule has 0 spiro atoms. The molecule has 0 aromatic heterocycles. The Kier molecular flexibility index (Phi) is 7.23. The molecule has 0 fully saturated rings. The maximum atomic E-state index is 12.0. The molecule has 0 aliphatic heterocycles. The zero-order chi connectivity index (χ0) is 14.3. The first-order valence-electron chi connectivity index (χ1n) is 5.97. The van der Waals surface area contributed by atoms with Crippen LogP contribution < -0.4 is 10.6 Å². The summed E-state index contributed by atoms with van der Waals surface area (Å²) < 4.78 is 36.1. The summed E-state index contributed by atoms with van der Waals surface area (Å²) in [6.45, 7) is 4.57. The monoisotopic (exact) mass is 270 g/mol. The normalized spacial score (nSPS) is 17.1. The van der Waals surface area contributed by atoms with Gasteiger partial charge in [-0.25, -0.2) is 0 Å². The molecule has 3 unspecified atom stereocenters. The van der Waals surface area contributed by atoms with Crippen LogP contribution in [0.15, 0.2) is 0 Å². The summed E-state index contributed by atoms with van der Waals surface area (Å²) in [5.41, 5.74) is 0. The molecule has 3 N–H and O–H groups in total. The Labute approximate surface area is 105 Å². The van der Waals surface area contributed by atoms with E-state index in [0.29, 0.717) is 0 Å². The second-order valence-electron chi connectivity index (χ2n) is 4.39. The second kappa shape index (κ2) is 7.58. The molecule has 7 heteroatoms. The third kappa shape index (κ3) is 6.80. The number of hydrogen-bond donors (Lipinski definition) is 3. The molecule has 1 amide bonds. The van der Waals surface area contributed by atoms with E-state index < -0.39 is 24.9 Å². The van der Waals surface area contributed by atoms with Crippen LogP contribution in [0.2, 0.25) is 0 Å². The molecular formula is C11H21F3N2O2. The Morgan fingerprint density at radius 1 is 1.33 bits per heavy atom. The number of nitrogens with one attached hydrogen (secondary N) is 2. The van der Waals surface area contributed by atoms with Crippen molar-refractivity contribution in [2.45, 2.75) is 58.0 Å². The number of alkyl halides is 3. The van der Waals surface area contributed by atoms with Crippen LogP contribution in [-0.4, -0.2) is 41.9 Å². The second-order valence-corrected chi connectivity index (χ2v) is 4.39. The number of halogens is 3. The average Bonchev–Trinajstić information content (AvgIpc) is 2.23. The molecule has 3 atom stereocenters. The molecule has 0 rings (SSSR count). The summed E-state index contributed by atoms with van der Waals surface area (Å²) in [5.74, 6) is -0.370. The molecule has 0 aromatic carbocycles. The largest absolute Gasteiger partial charge is 0.415 e. The summed E-state index contributed by atoms with van der Waals surface area (Å²) >= 11 is 0. The van der Waals surface area contributed by atoms with Gasteiger partial charge in [0, 0.05) is 12.6 Å². The lowest BCUT2D eigenvalue weighted by atomic mass is 10.2. The SMILES string of the molecule is CCCC(C)NC(=O)C(C)NCC(O)C(F)(F)F. The van der Waals surface area contributed by atoms with Crippen molar-refractivity contribution in [1.82, 2.24) is 10.6 Å².